The first kappa shape index (κ1) is 13.9. The summed E-state index contributed by atoms with van der Waals surface area (Å²) >= 11 is 3.63. The zero-order valence-corrected chi connectivity index (χ0v) is 13.7. The van der Waals surface area contributed by atoms with Crippen LogP contribution >= 0.6 is 15.9 Å². The van der Waals surface area contributed by atoms with Gasteiger partial charge in [0.05, 0.1) is 6.04 Å². The lowest BCUT2D eigenvalue weighted by Gasteiger charge is -2.28. The summed E-state index contributed by atoms with van der Waals surface area (Å²) in [5, 5.41) is 0. The molecule has 0 radical (unpaired) electrons. The third-order valence-corrected chi connectivity index (χ3v) is 4.83. The predicted molar refractivity (Wildman–Crippen MR) is 81.6 cm³/mol. The van der Waals surface area contributed by atoms with E-state index >= 15 is 0 Å². The Labute approximate surface area is 128 Å². The summed E-state index contributed by atoms with van der Waals surface area (Å²) in [6.07, 6.45) is 1.93. The fourth-order valence-corrected chi connectivity index (χ4v) is 3.89. The topological polar surface area (TPSA) is 29.5 Å². The van der Waals surface area contributed by atoms with Gasteiger partial charge in [-0.25, -0.2) is 4.79 Å². The summed E-state index contributed by atoms with van der Waals surface area (Å²) in [6.45, 7) is 6.54. The van der Waals surface area contributed by atoms with Gasteiger partial charge in [-0.3, -0.25) is 0 Å². The van der Waals surface area contributed by atoms with Crippen LogP contribution in [0.2, 0.25) is 0 Å². The quantitative estimate of drug-likeness (QED) is 0.706. The number of nitrogens with zero attached hydrogens (tertiary/aromatic N) is 1. The van der Waals surface area contributed by atoms with Gasteiger partial charge < -0.3 is 9.64 Å². The Hall–Kier alpha value is -1.03. The van der Waals surface area contributed by atoms with E-state index in [1.807, 2.05) is 25.7 Å². The molecule has 20 heavy (non-hydrogen) atoms. The third-order valence-electron chi connectivity index (χ3n) is 4.09. The lowest BCUT2D eigenvalue weighted by Crippen LogP contribution is -2.36. The standard InChI is InChI=1S/C16H20BrNO2/c1-16(2,3)20-15(19)18-8-7-10-9-12-11(14(10)18)5-4-6-13(12)17/h4-6,10,14H,7-9H2,1-3H3. The van der Waals surface area contributed by atoms with E-state index in [1.165, 1.54) is 11.1 Å². The molecule has 1 aromatic carbocycles. The molecule has 0 N–H and O–H groups in total. The Kier molecular flexibility index (Phi) is 3.32. The smallest absolute Gasteiger partial charge is 0.410 e. The first-order chi connectivity index (χ1) is 9.37. The van der Waals surface area contributed by atoms with Crippen molar-refractivity contribution in [3.8, 4) is 0 Å². The Bertz CT molecular complexity index is 550. The van der Waals surface area contributed by atoms with Gasteiger partial charge in [-0.05, 0) is 56.7 Å². The molecule has 0 aromatic heterocycles. The molecule has 3 nitrogen and oxygen atoms in total. The van der Waals surface area contributed by atoms with Crippen LogP contribution in [0.5, 0.6) is 0 Å². The molecule has 1 aliphatic heterocycles. The van der Waals surface area contributed by atoms with Crippen molar-refractivity contribution in [2.75, 3.05) is 6.54 Å². The molecule has 1 aromatic rings. The van der Waals surface area contributed by atoms with Crippen molar-refractivity contribution < 1.29 is 9.53 Å². The first-order valence-electron chi connectivity index (χ1n) is 7.14. The van der Waals surface area contributed by atoms with Gasteiger partial charge >= 0.3 is 6.09 Å². The Balaban J connectivity index is 1.88. The summed E-state index contributed by atoms with van der Waals surface area (Å²) in [5.74, 6) is 0.538. The van der Waals surface area contributed by atoms with Crippen LogP contribution in [0.1, 0.15) is 44.4 Å². The van der Waals surface area contributed by atoms with Crippen molar-refractivity contribution in [1.29, 1.82) is 0 Å². The fourth-order valence-electron chi connectivity index (χ4n) is 3.35. The van der Waals surface area contributed by atoms with Crippen molar-refractivity contribution in [2.24, 2.45) is 5.92 Å². The van der Waals surface area contributed by atoms with Crippen LogP contribution in [0, 0.1) is 5.92 Å². The number of likely N-dealkylation sites (tertiary alicyclic amines) is 1. The van der Waals surface area contributed by atoms with Crippen molar-refractivity contribution >= 4 is 22.0 Å². The predicted octanol–water partition coefficient (Wildman–Crippen LogP) is 4.30. The average Bonchev–Trinajstić information content (AvgIpc) is 2.86. The van der Waals surface area contributed by atoms with Crippen LogP contribution in [0.25, 0.3) is 0 Å². The van der Waals surface area contributed by atoms with Gasteiger partial charge in [-0.2, -0.15) is 0 Å². The second kappa shape index (κ2) is 4.76. The molecular formula is C16H20BrNO2. The Morgan fingerprint density at radius 1 is 1.40 bits per heavy atom. The highest BCUT2D eigenvalue weighted by atomic mass is 79.9. The molecule has 0 saturated carbocycles. The van der Waals surface area contributed by atoms with E-state index in [2.05, 4.69) is 34.1 Å². The number of amides is 1. The number of fused-ring (bicyclic) bond motifs is 3. The number of hydrogen-bond donors (Lipinski definition) is 0. The molecule has 4 heteroatoms. The molecule has 2 aliphatic rings. The number of benzene rings is 1. The minimum absolute atomic E-state index is 0.183. The second-order valence-corrected chi connectivity index (χ2v) is 7.53. The molecular weight excluding hydrogens is 318 g/mol. The maximum absolute atomic E-state index is 12.4. The van der Waals surface area contributed by atoms with E-state index in [1.54, 1.807) is 0 Å². The number of hydrogen-bond acceptors (Lipinski definition) is 2. The van der Waals surface area contributed by atoms with E-state index in [9.17, 15) is 4.79 Å². The van der Waals surface area contributed by atoms with Gasteiger partial charge in [0.1, 0.15) is 5.60 Å². The maximum atomic E-state index is 12.4. The summed E-state index contributed by atoms with van der Waals surface area (Å²) in [7, 11) is 0. The lowest BCUT2D eigenvalue weighted by molar-refractivity contribution is 0.0213. The lowest BCUT2D eigenvalue weighted by atomic mass is 10.0. The van der Waals surface area contributed by atoms with E-state index < -0.39 is 5.60 Å². The van der Waals surface area contributed by atoms with Crippen LogP contribution < -0.4 is 0 Å². The van der Waals surface area contributed by atoms with Crippen molar-refractivity contribution in [1.82, 2.24) is 4.90 Å². The minimum Gasteiger partial charge on any atom is -0.444 e. The highest BCUT2D eigenvalue weighted by Gasteiger charge is 2.45. The summed E-state index contributed by atoms with van der Waals surface area (Å²) in [5.41, 5.74) is 2.21. The second-order valence-electron chi connectivity index (χ2n) is 6.68. The van der Waals surface area contributed by atoms with Crippen LogP contribution in [0.4, 0.5) is 4.79 Å². The minimum atomic E-state index is -0.437. The van der Waals surface area contributed by atoms with Crippen LogP contribution in [0.3, 0.4) is 0 Å². The monoisotopic (exact) mass is 337 g/mol. The maximum Gasteiger partial charge on any atom is 0.410 e. The molecule has 2 atom stereocenters. The van der Waals surface area contributed by atoms with Gasteiger partial charge in [0.15, 0.2) is 0 Å². The number of halogens is 1. The molecule has 1 fully saturated rings. The van der Waals surface area contributed by atoms with Crippen molar-refractivity contribution in [3.05, 3.63) is 33.8 Å². The normalized spacial score (nSPS) is 24.5. The van der Waals surface area contributed by atoms with E-state index in [0.29, 0.717) is 5.92 Å². The van der Waals surface area contributed by atoms with E-state index in [-0.39, 0.29) is 12.1 Å². The van der Waals surface area contributed by atoms with Gasteiger partial charge in [-0.15, -0.1) is 0 Å². The summed E-state index contributed by atoms with van der Waals surface area (Å²) in [4.78, 5) is 14.3. The van der Waals surface area contributed by atoms with Crippen LogP contribution in [-0.4, -0.2) is 23.1 Å². The molecule has 2 unspecified atom stereocenters. The van der Waals surface area contributed by atoms with Crippen molar-refractivity contribution in [3.63, 3.8) is 0 Å². The fraction of sp³-hybridized carbons (Fsp3) is 0.562. The largest absolute Gasteiger partial charge is 0.444 e. The highest BCUT2D eigenvalue weighted by molar-refractivity contribution is 9.10. The number of ether oxygens (including phenoxy) is 1. The molecule has 108 valence electrons. The summed E-state index contributed by atoms with van der Waals surface area (Å²) < 4.78 is 6.71. The van der Waals surface area contributed by atoms with E-state index in [0.717, 1.165) is 23.9 Å². The van der Waals surface area contributed by atoms with E-state index in [4.69, 9.17) is 4.74 Å². The summed E-state index contributed by atoms with van der Waals surface area (Å²) in [6, 6.07) is 6.47. The van der Waals surface area contributed by atoms with Crippen LogP contribution in [0.15, 0.2) is 22.7 Å². The number of carbonyl (C=O) groups excluding carboxylic acids is 1. The van der Waals surface area contributed by atoms with Gasteiger partial charge in [0.25, 0.3) is 0 Å². The zero-order valence-electron chi connectivity index (χ0n) is 12.1. The highest BCUT2D eigenvalue weighted by Crippen LogP contribution is 2.48. The zero-order chi connectivity index (χ0) is 14.5. The molecule has 1 amide bonds. The third kappa shape index (κ3) is 2.34. The molecule has 0 bridgehead atoms. The van der Waals surface area contributed by atoms with Gasteiger partial charge in [0.2, 0.25) is 0 Å². The molecule has 1 saturated heterocycles. The van der Waals surface area contributed by atoms with Crippen molar-refractivity contribution in [2.45, 2.75) is 45.3 Å². The Morgan fingerprint density at radius 2 is 2.15 bits per heavy atom. The Morgan fingerprint density at radius 3 is 2.85 bits per heavy atom. The number of carbonyl (C=O) groups is 1. The molecule has 1 aliphatic carbocycles. The molecule has 0 spiro atoms. The average molecular weight is 338 g/mol. The SMILES string of the molecule is CC(C)(C)OC(=O)N1CCC2Cc3c(Br)cccc3C21. The molecule has 1 heterocycles. The first-order valence-corrected chi connectivity index (χ1v) is 7.93. The number of rotatable bonds is 0. The van der Waals surface area contributed by atoms with Gasteiger partial charge in [0, 0.05) is 11.0 Å². The van der Waals surface area contributed by atoms with Crippen LogP contribution in [-0.2, 0) is 11.2 Å². The molecule has 3 rings (SSSR count). The van der Waals surface area contributed by atoms with Gasteiger partial charge in [-0.1, -0.05) is 28.1 Å².